The summed E-state index contributed by atoms with van der Waals surface area (Å²) in [6.07, 6.45) is 5.62. The summed E-state index contributed by atoms with van der Waals surface area (Å²) in [5.74, 6) is -0.00407. The van der Waals surface area contributed by atoms with Crippen LogP contribution in [-0.2, 0) is 16.9 Å². The van der Waals surface area contributed by atoms with Crippen LogP contribution in [0.15, 0.2) is 47.8 Å². The van der Waals surface area contributed by atoms with E-state index in [0.29, 0.717) is 22.1 Å². The summed E-state index contributed by atoms with van der Waals surface area (Å²) in [7, 11) is -1.70. The van der Waals surface area contributed by atoms with E-state index in [1.54, 1.807) is 23.9 Å². The molecule has 140 valence electrons. The first-order chi connectivity index (χ1) is 12.6. The standard InChI is InChI=1S/C17H14Cl2N4O3S/c1-23-9-10(3-15(23)16-20-7-12(19)8-21-16)17(24)22-13-4-11(18)5-14(6-13)27(2,25)26/h3-9H,1-2H3,(H,22,24). The number of nitrogens with zero attached hydrogens (tertiary/aromatic N) is 3. The van der Waals surface area contributed by atoms with Gasteiger partial charge in [-0.2, -0.15) is 0 Å². The zero-order chi connectivity index (χ0) is 19.8. The third-order valence-electron chi connectivity index (χ3n) is 3.67. The number of rotatable bonds is 4. The number of carbonyl (C=O) groups is 1. The van der Waals surface area contributed by atoms with Gasteiger partial charge in [-0.3, -0.25) is 4.79 Å². The van der Waals surface area contributed by atoms with Crippen molar-refractivity contribution in [1.29, 1.82) is 0 Å². The van der Waals surface area contributed by atoms with Crippen molar-refractivity contribution in [2.75, 3.05) is 11.6 Å². The molecule has 2 aromatic heterocycles. The first-order valence-electron chi connectivity index (χ1n) is 7.60. The van der Waals surface area contributed by atoms with Crippen molar-refractivity contribution in [3.63, 3.8) is 0 Å². The number of carbonyl (C=O) groups excluding carboxylic acids is 1. The molecular weight excluding hydrogens is 411 g/mol. The lowest BCUT2D eigenvalue weighted by Crippen LogP contribution is -2.11. The van der Waals surface area contributed by atoms with E-state index in [-0.39, 0.29) is 15.6 Å². The minimum absolute atomic E-state index is 0.0219. The van der Waals surface area contributed by atoms with Crippen LogP contribution in [0.5, 0.6) is 0 Å². The average Bonchev–Trinajstić information content (AvgIpc) is 2.96. The fourth-order valence-electron chi connectivity index (χ4n) is 2.41. The van der Waals surface area contributed by atoms with Crippen LogP contribution in [0.4, 0.5) is 5.69 Å². The predicted molar refractivity (Wildman–Crippen MR) is 104 cm³/mol. The molecule has 1 amide bonds. The Bertz CT molecular complexity index is 1130. The Morgan fingerprint density at radius 3 is 2.37 bits per heavy atom. The van der Waals surface area contributed by atoms with E-state index >= 15 is 0 Å². The van der Waals surface area contributed by atoms with Gasteiger partial charge in [0.2, 0.25) is 0 Å². The molecule has 0 aliphatic carbocycles. The Morgan fingerprint density at radius 2 is 1.74 bits per heavy atom. The first-order valence-corrected chi connectivity index (χ1v) is 10.2. The van der Waals surface area contributed by atoms with Crippen LogP contribution in [0.25, 0.3) is 11.5 Å². The summed E-state index contributed by atoms with van der Waals surface area (Å²) < 4.78 is 25.2. The third-order valence-corrected chi connectivity index (χ3v) is 5.18. The number of sulfone groups is 1. The van der Waals surface area contributed by atoms with Gasteiger partial charge in [0.25, 0.3) is 5.91 Å². The zero-order valence-corrected chi connectivity index (χ0v) is 16.6. The maximum Gasteiger partial charge on any atom is 0.257 e. The molecule has 0 unspecified atom stereocenters. The second-order valence-electron chi connectivity index (χ2n) is 5.85. The van der Waals surface area contributed by atoms with Crippen LogP contribution in [0.2, 0.25) is 10.0 Å². The van der Waals surface area contributed by atoms with E-state index in [4.69, 9.17) is 23.2 Å². The fraction of sp³-hybridized carbons (Fsp3) is 0.118. The van der Waals surface area contributed by atoms with Crippen LogP contribution < -0.4 is 5.32 Å². The van der Waals surface area contributed by atoms with Crippen molar-refractivity contribution < 1.29 is 13.2 Å². The number of halogens is 2. The molecular formula is C17H14Cl2N4O3S. The molecule has 10 heteroatoms. The topological polar surface area (TPSA) is 94.0 Å². The molecule has 0 saturated carbocycles. The zero-order valence-electron chi connectivity index (χ0n) is 14.3. The van der Waals surface area contributed by atoms with Crippen LogP contribution >= 0.6 is 23.2 Å². The normalized spacial score (nSPS) is 11.4. The Morgan fingerprint density at radius 1 is 1.07 bits per heavy atom. The van der Waals surface area contributed by atoms with Gasteiger partial charge in [-0.05, 0) is 24.3 Å². The fourth-order valence-corrected chi connectivity index (χ4v) is 3.49. The smallest absolute Gasteiger partial charge is 0.257 e. The van der Waals surface area contributed by atoms with Crippen LogP contribution in [0.3, 0.4) is 0 Å². The van der Waals surface area contributed by atoms with Crippen molar-refractivity contribution in [3.05, 3.63) is 58.5 Å². The molecule has 0 radical (unpaired) electrons. The summed E-state index contributed by atoms with van der Waals surface area (Å²) in [4.78, 5) is 20.9. The largest absolute Gasteiger partial charge is 0.347 e. The number of nitrogens with one attached hydrogen (secondary N) is 1. The molecule has 0 fully saturated rings. The summed E-state index contributed by atoms with van der Waals surface area (Å²) in [5.41, 5.74) is 1.26. The SMILES string of the molecule is Cn1cc(C(=O)Nc2cc(Cl)cc(S(C)(=O)=O)c2)cc1-c1ncc(Cl)cn1. The maximum absolute atomic E-state index is 12.6. The van der Waals surface area contributed by atoms with E-state index in [1.165, 1.54) is 30.6 Å². The molecule has 0 spiro atoms. The van der Waals surface area contributed by atoms with Crippen molar-refractivity contribution in [3.8, 4) is 11.5 Å². The highest BCUT2D eigenvalue weighted by molar-refractivity contribution is 7.90. The Hall–Kier alpha value is -2.42. The van der Waals surface area contributed by atoms with Gasteiger partial charge in [-0.1, -0.05) is 23.2 Å². The van der Waals surface area contributed by atoms with Crippen LogP contribution in [0, 0.1) is 0 Å². The Balaban J connectivity index is 1.89. The van der Waals surface area contributed by atoms with Gasteiger partial charge in [0.15, 0.2) is 15.7 Å². The predicted octanol–water partition coefficient (Wildman–Crippen LogP) is 3.44. The van der Waals surface area contributed by atoms with Crippen molar-refractivity contribution in [1.82, 2.24) is 14.5 Å². The third kappa shape index (κ3) is 4.47. The summed E-state index contributed by atoms with van der Waals surface area (Å²) in [6, 6.07) is 5.77. The minimum atomic E-state index is -3.46. The van der Waals surface area contributed by atoms with Crippen LogP contribution in [-0.4, -0.2) is 35.1 Å². The molecule has 27 heavy (non-hydrogen) atoms. The molecule has 3 rings (SSSR count). The van der Waals surface area contributed by atoms with Gasteiger partial charge < -0.3 is 9.88 Å². The first kappa shape index (κ1) is 19.3. The van der Waals surface area contributed by atoms with Crippen molar-refractivity contribution in [2.24, 2.45) is 7.05 Å². The highest BCUT2D eigenvalue weighted by Gasteiger charge is 2.16. The second-order valence-corrected chi connectivity index (χ2v) is 8.74. The van der Waals surface area contributed by atoms with Crippen molar-refractivity contribution >= 4 is 44.6 Å². The lowest BCUT2D eigenvalue weighted by Gasteiger charge is -2.07. The number of hydrogen-bond acceptors (Lipinski definition) is 5. The number of aromatic nitrogens is 3. The molecule has 3 aromatic rings. The van der Waals surface area contributed by atoms with Crippen molar-refractivity contribution in [2.45, 2.75) is 4.90 Å². The summed E-state index contributed by atoms with van der Waals surface area (Å²) in [6.45, 7) is 0. The molecule has 0 bridgehead atoms. The second kappa shape index (κ2) is 7.30. The summed E-state index contributed by atoms with van der Waals surface area (Å²) >= 11 is 11.8. The molecule has 0 saturated heterocycles. The van der Waals surface area contributed by atoms with Gasteiger partial charge >= 0.3 is 0 Å². The highest BCUT2D eigenvalue weighted by Crippen LogP contribution is 2.24. The molecule has 0 aliphatic rings. The van der Waals surface area contributed by atoms with Gasteiger partial charge in [0.1, 0.15) is 0 Å². The van der Waals surface area contributed by atoms with Gasteiger partial charge in [0, 0.05) is 42.6 Å². The molecule has 0 atom stereocenters. The van der Waals surface area contributed by atoms with Crippen LogP contribution in [0.1, 0.15) is 10.4 Å². The van der Waals surface area contributed by atoms with E-state index in [0.717, 1.165) is 6.26 Å². The quantitative estimate of drug-likeness (QED) is 0.691. The average molecular weight is 425 g/mol. The molecule has 2 heterocycles. The molecule has 7 nitrogen and oxygen atoms in total. The maximum atomic E-state index is 12.6. The number of benzene rings is 1. The Kier molecular flexibility index (Phi) is 5.23. The van der Waals surface area contributed by atoms with Gasteiger partial charge in [-0.25, -0.2) is 18.4 Å². The lowest BCUT2D eigenvalue weighted by atomic mass is 10.2. The Labute approximate surface area is 165 Å². The highest BCUT2D eigenvalue weighted by atomic mass is 35.5. The van der Waals surface area contributed by atoms with E-state index in [1.807, 2.05) is 0 Å². The monoisotopic (exact) mass is 424 g/mol. The molecule has 1 N–H and O–H groups in total. The molecule has 1 aromatic carbocycles. The number of hydrogen-bond donors (Lipinski definition) is 1. The minimum Gasteiger partial charge on any atom is -0.347 e. The lowest BCUT2D eigenvalue weighted by molar-refractivity contribution is 0.102. The number of aryl methyl sites for hydroxylation is 1. The molecule has 0 aliphatic heterocycles. The van der Waals surface area contributed by atoms with Gasteiger partial charge in [0.05, 0.1) is 21.2 Å². The van der Waals surface area contributed by atoms with E-state index < -0.39 is 15.7 Å². The van der Waals surface area contributed by atoms with Gasteiger partial charge in [-0.15, -0.1) is 0 Å². The van der Waals surface area contributed by atoms with E-state index in [2.05, 4.69) is 15.3 Å². The van der Waals surface area contributed by atoms with E-state index in [9.17, 15) is 13.2 Å². The number of amides is 1. The number of anilines is 1. The summed E-state index contributed by atoms with van der Waals surface area (Å²) in [5, 5.41) is 3.27.